The molecule has 0 bridgehead atoms. The van der Waals surface area contributed by atoms with Crippen LogP contribution in [0.5, 0.6) is 0 Å². The zero-order valence-corrected chi connectivity index (χ0v) is 7.42. The van der Waals surface area contributed by atoms with Crippen LogP contribution in [0.1, 0.15) is 23.6 Å². The van der Waals surface area contributed by atoms with Gasteiger partial charge < -0.3 is 5.73 Å². The number of hydrogen-bond donors (Lipinski definition) is 1. The average molecular weight is 178 g/mol. The van der Waals surface area contributed by atoms with Crippen molar-refractivity contribution in [3.8, 4) is 6.07 Å². The lowest BCUT2D eigenvalue weighted by molar-refractivity contribution is 0.584. The van der Waals surface area contributed by atoms with Crippen LogP contribution >= 0.6 is 0 Å². The van der Waals surface area contributed by atoms with E-state index >= 15 is 0 Å². The maximum atomic E-state index is 13.2. The first-order valence-electron chi connectivity index (χ1n) is 4.03. The smallest absolute Gasteiger partial charge is 0.128 e. The lowest BCUT2D eigenvalue weighted by Crippen LogP contribution is -2.11. The summed E-state index contributed by atoms with van der Waals surface area (Å²) in [6.07, 6.45) is 0.139. The molecule has 0 aliphatic carbocycles. The van der Waals surface area contributed by atoms with Gasteiger partial charge in [-0.25, -0.2) is 4.39 Å². The predicted octanol–water partition coefficient (Wildman–Crippen LogP) is 2.05. The molecule has 1 aromatic carbocycles. The minimum absolute atomic E-state index is 0.139. The van der Waals surface area contributed by atoms with Crippen molar-refractivity contribution in [2.45, 2.75) is 19.4 Å². The Kier molecular flexibility index (Phi) is 2.99. The molecule has 0 radical (unpaired) electrons. The highest BCUT2D eigenvalue weighted by atomic mass is 19.1. The van der Waals surface area contributed by atoms with Crippen LogP contribution < -0.4 is 5.73 Å². The van der Waals surface area contributed by atoms with E-state index in [2.05, 4.69) is 0 Å². The highest BCUT2D eigenvalue weighted by Gasteiger charge is 2.10. The Balaban J connectivity index is 3.00. The minimum atomic E-state index is -0.523. The molecule has 2 nitrogen and oxygen atoms in total. The molecule has 3 heteroatoms. The van der Waals surface area contributed by atoms with Crippen LogP contribution in [0, 0.1) is 24.1 Å². The number of rotatable bonds is 2. The zero-order valence-electron chi connectivity index (χ0n) is 7.42. The Hall–Kier alpha value is -1.40. The highest BCUT2D eigenvalue weighted by Crippen LogP contribution is 2.18. The second kappa shape index (κ2) is 4.01. The van der Waals surface area contributed by atoms with Crippen molar-refractivity contribution in [2.24, 2.45) is 5.73 Å². The molecule has 0 fully saturated rings. The van der Waals surface area contributed by atoms with Gasteiger partial charge in [0.2, 0.25) is 0 Å². The lowest BCUT2D eigenvalue weighted by atomic mass is 10.0. The van der Waals surface area contributed by atoms with Gasteiger partial charge in [-0.3, -0.25) is 0 Å². The standard InChI is InChI=1S/C10H11FN2/c1-7-2-3-9(11)8(6-7)10(13)4-5-12/h2-3,6,10H,4,13H2,1H3. The molecule has 0 spiro atoms. The van der Waals surface area contributed by atoms with Gasteiger partial charge in [0.05, 0.1) is 12.5 Å². The van der Waals surface area contributed by atoms with Gasteiger partial charge in [-0.2, -0.15) is 5.26 Å². The van der Waals surface area contributed by atoms with Gasteiger partial charge in [0.25, 0.3) is 0 Å². The molecule has 1 aromatic rings. The van der Waals surface area contributed by atoms with Crippen LogP contribution in [0.25, 0.3) is 0 Å². The molecule has 0 saturated heterocycles. The molecule has 0 amide bonds. The minimum Gasteiger partial charge on any atom is -0.323 e. The van der Waals surface area contributed by atoms with Crippen LogP contribution in [-0.4, -0.2) is 0 Å². The second-order valence-electron chi connectivity index (χ2n) is 2.99. The van der Waals surface area contributed by atoms with Crippen LogP contribution in [-0.2, 0) is 0 Å². The topological polar surface area (TPSA) is 49.8 Å². The van der Waals surface area contributed by atoms with E-state index in [4.69, 9.17) is 11.0 Å². The molecule has 1 atom stereocenters. The number of halogens is 1. The third-order valence-corrected chi connectivity index (χ3v) is 1.86. The van der Waals surface area contributed by atoms with Gasteiger partial charge in [-0.1, -0.05) is 17.7 Å². The Labute approximate surface area is 76.8 Å². The van der Waals surface area contributed by atoms with Gasteiger partial charge >= 0.3 is 0 Å². The fourth-order valence-electron chi connectivity index (χ4n) is 1.16. The Morgan fingerprint density at radius 1 is 1.62 bits per heavy atom. The third-order valence-electron chi connectivity index (χ3n) is 1.86. The van der Waals surface area contributed by atoms with Gasteiger partial charge in [-0.15, -0.1) is 0 Å². The molecule has 68 valence electrons. The second-order valence-corrected chi connectivity index (χ2v) is 2.99. The number of benzene rings is 1. The van der Waals surface area contributed by atoms with Crippen molar-refractivity contribution < 1.29 is 4.39 Å². The Bertz CT molecular complexity index is 341. The van der Waals surface area contributed by atoms with E-state index in [1.54, 1.807) is 12.1 Å². The molecule has 0 saturated carbocycles. The summed E-state index contributed by atoms with van der Waals surface area (Å²) in [6.45, 7) is 1.86. The molecule has 1 rings (SSSR count). The first kappa shape index (κ1) is 9.69. The van der Waals surface area contributed by atoms with E-state index in [1.165, 1.54) is 6.07 Å². The SMILES string of the molecule is Cc1ccc(F)c(C(N)CC#N)c1. The van der Waals surface area contributed by atoms with Crippen molar-refractivity contribution in [2.75, 3.05) is 0 Å². The van der Waals surface area contributed by atoms with E-state index in [0.29, 0.717) is 5.56 Å². The van der Waals surface area contributed by atoms with Crippen molar-refractivity contribution in [1.29, 1.82) is 5.26 Å². The van der Waals surface area contributed by atoms with Gasteiger partial charge in [-0.05, 0) is 13.0 Å². The molecule has 0 heterocycles. The number of nitrogens with zero attached hydrogens (tertiary/aromatic N) is 1. The molecular formula is C10H11FN2. The number of aryl methyl sites for hydroxylation is 1. The monoisotopic (exact) mass is 178 g/mol. The van der Waals surface area contributed by atoms with Crippen molar-refractivity contribution in [3.63, 3.8) is 0 Å². The molecule has 0 aliphatic rings. The van der Waals surface area contributed by atoms with Crippen LogP contribution in [0.15, 0.2) is 18.2 Å². The molecule has 1 unspecified atom stereocenters. The maximum absolute atomic E-state index is 13.2. The number of nitriles is 1. The molecule has 0 aromatic heterocycles. The first-order chi connectivity index (χ1) is 6.15. The summed E-state index contributed by atoms with van der Waals surface area (Å²) in [6, 6.07) is 6.13. The summed E-state index contributed by atoms with van der Waals surface area (Å²) in [5.41, 5.74) is 6.98. The van der Waals surface area contributed by atoms with Crippen molar-refractivity contribution in [1.82, 2.24) is 0 Å². The highest BCUT2D eigenvalue weighted by molar-refractivity contribution is 5.27. The van der Waals surface area contributed by atoms with Crippen LogP contribution in [0.4, 0.5) is 4.39 Å². The first-order valence-corrected chi connectivity index (χ1v) is 4.03. The maximum Gasteiger partial charge on any atom is 0.128 e. The van der Waals surface area contributed by atoms with Gasteiger partial charge in [0, 0.05) is 11.6 Å². The normalized spacial score (nSPS) is 12.2. The molecule has 0 aliphatic heterocycles. The van der Waals surface area contributed by atoms with Gasteiger partial charge in [0.1, 0.15) is 5.82 Å². The largest absolute Gasteiger partial charge is 0.323 e. The molecule has 2 N–H and O–H groups in total. The Morgan fingerprint density at radius 2 is 2.31 bits per heavy atom. The average Bonchev–Trinajstić information content (AvgIpc) is 2.09. The lowest BCUT2D eigenvalue weighted by Gasteiger charge is -2.09. The Morgan fingerprint density at radius 3 is 2.92 bits per heavy atom. The van der Waals surface area contributed by atoms with Gasteiger partial charge in [0.15, 0.2) is 0 Å². The van der Waals surface area contributed by atoms with E-state index in [1.807, 2.05) is 13.0 Å². The zero-order chi connectivity index (χ0) is 9.84. The predicted molar refractivity (Wildman–Crippen MR) is 48.3 cm³/mol. The van der Waals surface area contributed by atoms with E-state index < -0.39 is 6.04 Å². The molecule has 13 heavy (non-hydrogen) atoms. The van der Waals surface area contributed by atoms with Crippen LogP contribution in [0.2, 0.25) is 0 Å². The van der Waals surface area contributed by atoms with E-state index in [9.17, 15) is 4.39 Å². The summed E-state index contributed by atoms with van der Waals surface area (Å²) >= 11 is 0. The summed E-state index contributed by atoms with van der Waals surface area (Å²) in [5.74, 6) is -0.339. The molecular weight excluding hydrogens is 167 g/mol. The quantitative estimate of drug-likeness (QED) is 0.753. The number of nitrogens with two attached hydrogens (primary N) is 1. The van der Waals surface area contributed by atoms with Crippen molar-refractivity contribution >= 4 is 0 Å². The number of hydrogen-bond acceptors (Lipinski definition) is 2. The van der Waals surface area contributed by atoms with E-state index in [0.717, 1.165) is 5.56 Å². The van der Waals surface area contributed by atoms with E-state index in [-0.39, 0.29) is 12.2 Å². The van der Waals surface area contributed by atoms with Crippen LogP contribution in [0.3, 0.4) is 0 Å². The summed E-state index contributed by atoms with van der Waals surface area (Å²) < 4.78 is 13.2. The summed E-state index contributed by atoms with van der Waals surface area (Å²) in [7, 11) is 0. The third kappa shape index (κ3) is 2.27. The summed E-state index contributed by atoms with van der Waals surface area (Å²) in [5, 5.41) is 8.41. The fourth-order valence-corrected chi connectivity index (χ4v) is 1.16. The van der Waals surface area contributed by atoms with Crippen molar-refractivity contribution in [3.05, 3.63) is 35.1 Å². The fraction of sp³-hybridized carbons (Fsp3) is 0.300. The summed E-state index contributed by atoms with van der Waals surface area (Å²) in [4.78, 5) is 0.